The number of nitrogens with zero attached hydrogens (tertiary/aromatic N) is 1. The van der Waals surface area contributed by atoms with Crippen LogP contribution in [0.5, 0.6) is 0 Å². The fourth-order valence-corrected chi connectivity index (χ4v) is 3.20. The SMILES string of the molecule is NS(=O)(=O)c1ccc(CNC(=O)c2ccc(Cl)cn2)s1. The van der Waals surface area contributed by atoms with E-state index in [1.54, 1.807) is 12.1 Å². The lowest BCUT2D eigenvalue weighted by atomic mass is 10.3. The first-order valence-electron chi connectivity index (χ1n) is 5.37. The number of carbonyl (C=O) groups is 1. The van der Waals surface area contributed by atoms with Crippen molar-refractivity contribution in [3.63, 3.8) is 0 Å². The fourth-order valence-electron chi connectivity index (χ4n) is 1.37. The van der Waals surface area contributed by atoms with Crippen LogP contribution in [-0.2, 0) is 16.6 Å². The standard InChI is InChI=1S/C11H10ClN3O3S2/c12-7-1-3-9(14-5-7)11(16)15-6-8-2-4-10(19-8)20(13,17)18/h1-5H,6H2,(H,15,16)(H2,13,17,18). The number of sulfonamides is 1. The quantitative estimate of drug-likeness (QED) is 0.883. The van der Waals surface area contributed by atoms with Crippen molar-refractivity contribution < 1.29 is 13.2 Å². The summed E-state index contributed by atoms with van der Waals surface area (Å²) in [5.41, 5.74) is 0.234. The predicted molar refractivity (Wildman–Crippen MR) is 76.1 cm³/mol. The third-order valence-corrected chi connectivity index (χ3v) is 5.05. The molecule has 106 valence electrons. The van der Waals surface area contributed by atoms with Crippen molar-refractivity contribution in [2.45, 2.75) is 10.8 Å². The molecule has 0 aromatic carbocycles. The highest BCUT2D eigenvalue weighted by Gasteiger charge is 2.12. The first-order chi connectivity index (χ1) is 9.36. The van der Waals surface area contributed by atoms with Crippen LogP contribution in [0.15, 0.2) is 34.7 Å². The van der Waals surface area contributed by atoms with Gasteiger partial charge in [0.25, 0.3) is 5.91 Å². The van der Waals surface area contributed by atoms with Crippen molar-refractivity contribution in [3.8, 4) is 0 Å². The minimum absolute atomic E-state index is 0.0615. The third-order valence-electron chi connectivity index (χ3n) is 2.30. The monoisotopic (exact) mass is 331 g/mol. The van der Waals surface area contributed by atoms with E-state index < -0.39 is 10.0 Å². The first kappa shape index (κ1) is 14.9. The van der Waals surface area contributed by atoms with Crippen molar-refractivity contribution in [2.24, 2.45) is 5.14 Å². The van der Waals surface area contributed by atoms with Gasteiger partial charge in [0.15, 0.2) is 0 Å². The molecule has 9 heteroatoms. The Bertz CT molecular complexity index is 726. The molecule has 0 radical (unpaired) electrons. The third kappa shape index (κ3) is 3.76. The van der Waals surface area contributed by atoms with Gasteiger partial charge in [-0.25, -0.2) is 18.5 Å². The lowest BCUT2D eigenvalue weighted by Gasteiger charge is -2.02. The van der Waals surface area contributed by atoms with Crippen LogP contribution in [0.25, 0.3) is 0 Å². The maximum absolute atomic E-state index is 11.8. The Kier molecular flexibility index (Phi) is 4.39. The molecule has 20 heavy (non-hydrogen) atoms. The van der Waals surface area contributed by atoms with Gasteiger partial charge in [0.1, 0.15) is 9.90 Å². The van der Waals surface area contributed by atoms with Gasteiger partial charge in [-0.1, -0.05) is 11.6 Å². The summed E-state index contributed by atoms with van der Waals surface area (Å²) in [6.07, 6.45) is 1.38. The van der Waals surface area contributed by atoms with Gasteiger partial charge in [0.05, 0.1) is 11.6 Å². The van der Waals surface area contributed by atoms with E-state index in [1.807, 2.05) is 0 Å². The van der Waals surface area contributed by atoms with Gasteiger partial charge in [0, 0.05) is 11.1 Å². The Morgan fingerprint density at radius 1 is 1.35 bits per heavy atom. The van der Waals surface area contributed by atoms with Crippen molar-refractivity contribution in [1.29, 1.82) is 0 Å². The van der Waals surface area contributed by atoms with E-state index in [1.165, 1.54) is 18.3 Å². The van der Waals surface area contributed by atoms with E-state index in [4.69, 9.17) is 16.7 Å². The smallest absolute Gasteiger partial charge is 0.270 e. The molecule has 1 amide bonds. The van der Waals surface area contributed by atoms with Gasteiger partial charge in [0.2, 0.25) is 10.0 Å². The Labute approximate surface area is 124 Å². The molecule has 0 saturated carbocycles. The highest BCUT2D eigenvalue weighted by atomic mass is 35.5. The number of thiophene rings is 1. The molecule has 0 spiro atoms. The fraction of sp³-hybridized carbons (Fsp3) is 0.0909. The number of carbonyl (C=O) groups excluding carboxylic acids is 1. The summed E-state index contributed by atoms with van der Waals surface area (Å²) in [4.78, 5) is 16.3. The average molecular weight is 332 g/mol. The normalized spacial score (nSPS) is 11.3. The highest BCUT2D eigenvalue weighted by molar-refractivity contribution is 7.91. The molecule has 2 aromatic rings. The summed E-state index contributed by atoms with van der Waals surface area (Å²) in [6, 6.07) is 6.07. The van der Waals surface area contributed by atoms with E-state index in [2.05, 4.69) is 10.3 Å². The predicted octanol–water partition coefficient (Wildman–Crippen LogP) is 1.37. The summed E-state index contributed by atoms with van der Waals surface area (Å²) in [6.45, 7) is 0.198. The van der Waals surface area contributed by atoms with Crippen LogP contribution in [0, 0.1) is 0 Å². The zero-order valence-corrected chi connectivity index (χ0v) is 12.4. The van der Waals surface area contributed by atoms with Gasteiger partial charge in [-0.2, -0.15) is 0 Å². The molecule has 2 rings (SSSR count). The van der Waals surface area contributed by atoms with Crippen LogP contribution in [0.4, 0.5) is 0 Å². The van der Waals surface area contributed by atoms with Gasteiger partial charge >= 0.3 is 0 Å². The summed E-state index contributed by atoms with van der Waals surface area (Å²) >= 11 is 6.68. The maximum Gasteiger partial charge on any atom is 0.270 e. The Morgan fingerprint density at radius 3 is 2.65 bits per heavy atom. The molecule has 0 bridgehead atoms. The lowest BCUT2D eigenvalue weighted by Crippen LogP contribution is -2.23. The number of nitrogens with two attached hydrogens (primary N) is 1. The van der Waals surface area contributed by atoms with Crippen molar-refractivity contribution >= 4 is 38.9 Å². The zero-order chi connectivity index (χ0) is 14.8. The number of pyridine rings is 1. The molecule has 3 N–H and O–H groups in total. The van der Waals surface area contributed by atoms with Crippen LogP contribution < -0.4 is 10.5 Å². The molecular weight excluding hydrogens is 322 g/mol. The zero-order valence-electron chi connectivity index (χ0n) is 10.0. The van der Waals surface area contributed by atoms with Gasteiger partial charge in [-0.05, 0) is 24.3 Å². The first-order valence-corrected chi connectivity index (χ1v) is 8.11. The highest BCUT2D eigenvalue weighted by Crippen LogP contribution is 2.20. The van der Waals surface area contributed by atoms with E-state index >= 15 is 0 Å². The minimum atomic E-state index is -3.70. The summed E-state index contributed by atoms with van der Waals surface area (Å²) < 4.78 is 22.3. The molecule has 0 aliphatic heterocycles. The molecule has 0 aliphatic rings. The number of halogens is 1. The van der Waals surface area contributed by atoms with Crippen molar-refractivity contribution in [1.82, 2.24) is 10.3 Å². The number of primary sulfonamides is 1. The molecule has 0 atom stereocenters. The molecule has 6 nitrogen and oxygen atoms in total. The minimum Gasteiger partial charge on any atom is -0.346 e. The van der Waals surface area contributed by atoms with Crippen LogP contribution in [0.2, 0.25) is 5.02 Å². The summed E-state index contributed by atoms with van der Waals surface area (Å²) in [5.74, 6) is -0.368. The number of nitrogens with one attached hydrogen (secondary N) is 1. The number of amides is 1. The summed E-state index contributed by atoms with van der Waals surface area (Å²) in [7, 11) is -3.70. The number of aromatic nitrogens is 1. The second kappa shape index (κ2) is 5.88. The number of rotatable bonds is 4. The van der Waals surface area contributed by atoms with E-state index in [-0.39, 0.29) is 22.4 Å². The molecular formula is C11H10ClN3O3S2. The van der Waals surface area contributed by atoms with Crippen LogP contribution in [0.1, 0.15) is 15.4 Å². The van der Waals surface area contributed by atoms with Crippen molar-refractivity contribution in [3.05, 3.63) is 46.1 Å². The molecule has 0 fully saturated rings. The van der Waals surface area contributed by atoms with Crippen LogP contribution in [-0.4, -0.2) is 19.3 Å². The van der Waals surface area contributed by atoms with Crippen LogP contribution >= 0.6 is 22.9 Å². The van der Waals surface area contributed by atoms with Gasteiger partial charge in [-0.3, -0.25) is 4.79 Å². The van der Waals surface area contributed by atoms with Gasteiger partial charge < -0.3 is 5.32 Å². The maximum atomic E-state index is 11.8. The lowest BCUT2D eigenvalue weighted by molar-refractivity contribution is 0.0946. The Morgan fingerprint density at radius 2 is 2.10 bits per heavy atom. The summed E-state index contributed by atoms with van der Waals surface area (Å²) in [5, 5.41) is 8.08. The molecule has 0 unspecified atom stereocenters. The Hall–Kier alpha value is -1.48. The topological polar surface area (TPSA) is 102 Å². The number of hydrogen-bond acceptors (Lipinski definition) is 5. The van der Waals surface area contributed by atoms with Crippen LogP contribution in [0.3, 0.4) is 0 Å². The van der Waals surface area contributed by atoms with Crippen molar-refractivity contribution in [2.75, 3.05) is 0 Å². The van der Waals surface area contributed by atoms with E-state index in [0.717, 1.165) is 11.3 Å². The molecule has 2 heterocycles. The largest absolute Gasteiger partial charge is 0.346 e. The second-order valence-corrected chi connectivity index (χ2v) is 7.20. The molecule has 0 aliphatic carbocycles. The second-order valence-electron chi connectivity index (χ2n) is 3.81. The Balaban J connectivity index is 2.00. The van der Waals surface area contributed by atoms with E-state index in [9.17, 15) is 13.2 Å². The van der Waals surface area contributed by atoms with Gasteiger partial charge in [-0.15, -0.1) is 11.3 Å². The van der Waals surface area contributed by atoms with E-state index in [0.29, 0.717) is 9.90 Å². The number of hydrogen-bond donors (Lipinski definition) is 2. The average Bonchev–Trinajstić information content (AvgIpc) is 2.85. The molecule has 2 aromatic heterocycles. The molecule has 0 saturated heterocycles.